The van der Waals surface area contributed by atoms with E-state index in [1.807, 2.05) is 20.8 Å². The number of nitrogens with one attached hydrogen (secondary N) is 1. The van der Waals surface area contributed by atoms with Gasteiger partial charge in [-0.15, -0.1) is 0 Å². The van der Waals surface area contributed by atoms with Crippen LogP contribution < -0.4 is 5.32 Å². The lowest BCUT2D eigenvalue weighted by Crippen LogP contribution is -2.26. The van der Waals surface area contributed by atoms with Gasteiger partial charge < -0.3 is 24.3 Å². The Bertz CT molecular complexity index is 240. The first-order valence-corrected chi connectivity index (χ1v) is 10.3. The van der Waals surface area contributed by atoms with Crippen LogP contribution in [-0.2, 0) is 23.7 Å². The maximum atomic E-state index is 10.9. The smallest absolute Gasteiger partial charge is 0.219 e. The fraction of sp³-hybridized carbons (Fsp3) is 0.950. The molecule has 6 heteroatoms. The minimum atomic E-state index is 0.0469. The molecule has 0 saturated carbocycles. The number of amides is 1. The van der Waals surface area contributed by atoms with E-state index >= 15 is 0 Å². The number of hydrogen-bond acceptors (Lipinski definition) is 5. The van der Waals surface area contributed by atoms with E-state index in [9.17, 15) is 4.79 Å². The second-order valence-electron chi connectivity index (χ2n) is 5.21. The molecule has 0 spiro atoms. The third-order valence-electron chi connectivity index (χ3n) is 2.65. The molecule has 0 radical (unpaired) electrons. The molecule has 0 heterocycles. The van der Waals surface area contributed by atoms with E-state index in [2.05, 4.69) is 26.1 Å². The van der Waals surface area contributed by atoms with Gasteiger partial charge in [0.1, 0.15) is 0 Å². The fourth-order valence-corrected chi connectivity index (χ4v) is 1.40. The molecule has 6 nitrogen and oxygen atoms in total. The molecule has 160 valence electrons. The van der Waals surface area contributed by atoms with E-state index < -0.39 is 0 Å². The Morgan fingerprint density at radius 3 is 1.46 bits per heavy atom. The largest absolute Gasteiger partial charge is 0.379 e. The van der Waals surface area contributed by atoms with E-state index in [1.54, 1.807) is 0 Å². The molecule has 26 heavy (non-hydrogen) atoms. The predicted molar refractivity (Wildman–Crippen MR) is 109 cm³/mol. The molecule has 1 amide bonds. The van der Waals surface area contributed by atoms with E-state index in [4.69, 9.17) is 18.9 Å². The van der Waals surface area contributed by atoms with Gasteiger partial charge in [0.15, 0.2) is 0 Å². The highest BCUT2D eigenvalue weighted by Gasteiger charge is 1.95. The van der Waals surface area contributed by atoms with Crippen molar-refractivity contribution in [2.24, 2.45) is 0 Å². The summed E-state index contributed by atoms with van der Waals surface area (Å²) in [5, 5.41) is 2.74. The quantitative estimate of drug-likeness (QED) is 0.413. The molecule has 0 atom stereocenters. The van der Waals surface area contributed by atoms with Crippen LogP contribution in [0, 0.1) is 0 Å². The summed E-state index contributed by atoms with van der Waals surface area (Å²) in [5.74, 6) is 0.0469. The van der Waals surface area contributed by atoms with Crippen LogP contribution in [0.15, 0.2) is 0 Å². The van der Waals surface area contributed by atoms with Crippen molar-refractivity contribution in [1.82, 2.24) is 5.32 Å². The fourth-order valence-electron chi connectivity index (χ4n) is 1.40. The molecular weight excluding hydrogens is 334 g/mol. The molecule has 0 aromatic carbocycles. The summed E-state index contributed by atoms with van der Waals surface area (Å²) in [7, 11) is 0. The van der Waals surface area contributed by atoms with Gasteiger partial charge >= 0.3 is 0 Å². The molecule has 0 fully saturated rings. The maximum Gasteiger partial charge on any atom is 0.219 e. The minimum Gasteiger partial charge on any atom is -0.379 e. The molecule has 0 aromatic heterocycles. The SMILES string of the molecule is CC.CCC.CCCCOCCOCCOCCOCCNC(=O)CC. The minimum absolute atomic E-state index is 0.0469. The molecule has 0 aliphatic heterocycles. The average Bonchev–Trinajstić information content (AvgIpc) is 2.67. The number of rotatable bonds is 16. The second-order valence-corrected chi connectivity index (χ2v) is 5.21. The Hall–Kier alpha value is -0.690. The van der Waals surface area contributed by atoms with Gasteiger partial charge in [0, 0.05) is 19.6 Å². The van der Waals surface area contributed by atoms with Crippen LogP contribution >= 0.6 is 0 Å². The number of hydrogen-bond donors (Lipinski definition) is 1. The van der Waals surface area contributed by atoms with Crippen molar-refractivity contribution in [3.05, 3.63) is 0 Å². The van der Waals surface area contributed by atoms with Gasteiger partial charge in [-0.05, 0) is 6.42 Å². The summed E-state index contributed by atoms with van der Waals surface area (Å²) >= 11 is 0. The molecule has 0 aliphatic rings. The Balaban J connectivity index is -0.000000950. The summed E-state index contributed by atoms with van der Waals surface area (Å²) in [6.07, 6.45) is 4.01. The molecule has 0 saturated heterocycles. The lowest BCUT2D eigenvalue weighted by Gasteiger charge is -2.07. The third kappa shape index (κ3) is 34.6. The Labute approximate surface area is 162 Å². The highest BCUT2D eigenvalue weighted by molar-refractivity contribution is 5.75. The third-order valence-corrected chi connectivity index (χ3v) is 2.65. The van der Waals surface area contributed by atoms with E-state index in [-0.39, 0.29) is 5.91 Å². The molecular formula is C20H45NO5. The van der Waals surface area contributed by atoms with Crippen LogP contribution in [-0.4, -0.2) is 65.3 Å². The zero-order valence-electron chi connectivity index (χ0n) is 18.2. The summed E-state index contributed by atoms with van der Waals surface area (Å²) in [6.45, 7) is 17.6. The molecule has 1 N–H and O–H groups in total. The lowest BCUT2D eigenvalue weighted by atomic mass is 10.4. The van der Waals surface area contributed by atoms with E-state index in [0.29, 0.717) is 59.2 Å². The van der Waals surface area contributed by atoms with Crippen molar-refractivity contribution in [3.63, 3.8) is 0 Å². The van der Waals surface area contributed by atoms with Gasteiger partial charge in [-0.1, -0.05) is 54.4 Å². The first-order valence-electron chi connectivity index (χ1n) is 10.3. The summed E-state index contributed by atoms with van der Waals surface area (Å²) in [4.78, 5) is 10.9. The van der Waals surface area contributed by atoms with Crippen molar-refractivity contribution >= 4 is 5.91 Å². The van der Waals surface area contributed by atoms with E-state index in [1.165, 1.54) is 6.42 Å². The van der Waals surface area contributed by atoms with E-state index in [0.717, 1.165) is 19.4 Å². The zero-order valence-corrected chi connectivity index (χ0v) is 18.2. The van der Waals surface area contributed by atoms with Crippen molar-refractivity contribution in [2.45, 2.75) is 67.2 Å². The molecule has 0 aromatic rings. The van der Waals surface area contributed by atoms with Crippen molar-refractivity contribution in [3.8, 4) is 0 Å². The molecule has 0 rings (SSSR count). The van der Waals surface area contributed by atoms with Crippen LogP contribution in [0.3, 0.4) is 0 Å². The van der Waals surface area contributed by atoms with Crippen molar-refractivity contribution in [1.29, 1.82) is 0 Å². The zero-order chi connectivity index (χ0) is 20.3. The van der Waals surface area contributed by atoms with Gasteiger partial charge in [-0.25, -0.2) is 0 Å². The second kappa shape index (κ2) is 32.0. The average molecular weight is 380 g/mol. The number of carbonyl (C=O) groups excluding carboxylic acids is 1. The standard InChI is InChI=1S/C15H31NO5.C3H8.C2H6/c1-3-5-7-18-9-11-20-13-14-21-12-10-19-8-6-16-15(17)4-2;1-3-2;1-2/h3-14H2,1-2H3,(H,16,17);3H2,1-2H3;1-2H3. The van der Waals surface area contributed by atoms with Gasteiger partial charge in [-0.2, -0.15) is 0 Å². The van der Waals surface area contributed by atoms with Gasteiger partial charge in [-0.3, -0.25) is 4.79 Å². The summed E-state index contributed by atoms with van der Waals surface area (Å²) < 4.78 is 21.4. The van der Waals surface area contributed by atoms with Crippen LogP contribution in [0.2, 0.25) is 0 Å². The van der Waals surface area contributed by atoms with Crippen LogP contribution in [0.4, 0.5) is 0 Å². The summed E-state index contributed by atoms with van der Waals surface area (Å²) in [6, 6.07) is 0. The van der Waals surface area contributed by atoms with Crippen molar-refractivity contribution < 1.29 is 23.7 Å². The molecule has 0 aliphatic carbocycles. The number of ether oxygens (including phenoxy) is 4. The highest BCUT2D eigenvalue weighted by atomic mass is 16.6. The Morgan fingerprint density at radius 1 is 0.692 bits per heavy atom. The Morgan fingerprint density at radius 2 is 1.08 bits per heavy atom. The predicted octanol–water partition coefficient (Wildman–Crippen LogP) is 3.82. The maximum absolute atomic E-state index is 10.9. The van der Waals surface area contributed by atoms with Crippen LogP contribution in [0.5, 0.6) is 0 Å². The summed E-state index contributed by atoms with van der Waals surface area (Å²) in [5.41, 5.74) is 0. The first-order chi connectivity index (χ1) is 12.7. The lowest BCUT2D eigenvalue weighted by molar-refractivity contribution is -0.121. The Kier molecular flexibility index (Phi) is 37.0. The molecule has 0 unspecified atom stereocenters. The first kappa shape index (κ1) is 30.1. The highest BCUT2D eigenvalue weighted by Crippen LogP contribution is 1.88. The number of carbonyl (C=O) groups is 1. The van der Waals surface area contributed by atoms with Crippen molar-refractivity contribution in [2.75, 3.05) is 59.4 Å². The normalized spacial score (nSPS) is 9.62. The van der Waals surface area contributed by atoms with Crippen LogP contribution in [0.1, 0.15) is 67.2 Å². The van der Waals surface area contributed by atoms with Crippen LogP contribution in [0.25, 0.3) is 0 Å². The van der Waals surface area contributed by atoms with Gasteiger partial charge in [0.2, 0.25) is 5.91 Å². The van der Waals surface area contributed by atoms with Gasteiger partial charge in [0.25, 0.3) is 0 Å². The molecule has 0 bridgehead atoms. The number of unbranched alkanes of at least 4 members (excludes halogenated alkanes) is 1. The monoisotopic (exact) mass is 379 g/mol. The van der Waals surface area contributed by atoms with Gasteiger partial charge in [0.05, 0.1) is 46.2 Å². The topological polar surface area (TPSA) is 66.0 Å².